The zero-order valence-electron chi connectivity index (χ0n) is 9.17. The van der Waals surface area contributed by atoms with E-state index in [1.807, 2.05) is 18.2 Å². The molecular weight excluding hydrogens is 210 g/mol. The molecule has 3 rings (SSSR count). The van der Waals surface area contributed by atoms with Gasteiger partial charge in [0.1, 0.15) is 6.33 Å². The van der Waals surface area contributed by atoms with Crippen molar-refractivity contribution >= 4 is 16.5 Å². The van der Waals surface area contributed by atoms with Crippen molar-refractivity contribution in [3.8, 4) is 11.3 Å². The first-order valence-electron chi connectivity index (χ1n) is 5.39. The summed E-state index contributed by atoms with van der Waals surface area (Å²) in [5.74, 6) is 0. The molecule has 0 spiro atoms. The number of benzene rings is 2. The standard InChI is InChI=1S/C14H11N3/c15-13-8-16-9-17-14(13)12-6-5-10-3-1-2-4-11(10)7-12/h1-9H,15H2. The Balaban J connectivity index is 2.22. The minimum Gasteiger partial charge on any atom is -0.396 e. The lowest BCUT2D eigenvalue weighted by atomic mass is 10.0. The van der Waals surface area contributed by atoms with Crippen LogP contribution in [0.3, 0.4) is 0 Å². The van der Waals surface area contributed by atoms with Crippen LogP contribution >= 0.6 is 0 Å². The fourth-order valence-electron chi connectivity index (χ4n) is 1.92. The highest BCUT2D eigenvalue weighted by atomic mass is 14.9. The molecule has 0 atom stereocenters. The van der Waals surface area contributed by atoms with Crippen molar-refractivity contribution in [3.05, 3.63) is 55.0 Å². The zero-order valence-corrected chi connectivity index (χ0v) is 9.17. The maximum Gasteiger partial charge on any atom is 0.116 e. The van der Waals surface area contributed by atoms with Crippen molar-refractivity contribution < 1.29 is 0 Å². The van der Waals surface area contributed by atoms with Crippen LogP contribution in [0.25, 0.3) is 22.0 Å². The molecule has 3 nitrogen and oxygen atoms in total. The van der Waals surface area contributed by atoms with Crippen molar-refractivity contribution in [2.75, 3.05) is 5.73 Å². The van der Waals surface area contributed by atoms with Gasteiger partial charge in [0.15, 0.2) is 0 Å². The minimum absolute atomic E-state index is 0.600. The molecule has 17 heavy (non-hydrogen) atoms. The van der Waals surface area contributed by atoms with Gasteiger partial charge in [0, 0.05) is 5.56 Å². The SMILES string of the molecule is Nc1cncnc1-c1ccc2ccccc2c1. The van der Waals surface area contributed by atoms with Crippen molar-refractivity contribution in [2.45, 2.75) is 0 Å². The van der Waals surface area contributed by atoms with E-state index in [1.165, 1.54) is 17.1 Å². The summed E-state index contributed by atoms with van der Waals surface area (Å²) in [7, 11) is 0. The monoisotopic (exact) mass is 221 g/mol. The summed E-state index contributed by atoms with van der Waals surface area (Å²) >= 11 is 0. The number of rotatable bonds is 1. The summed E-state index contributed by atoms with van der Waals surface area (Å²) in [5, 5.41) is 2.40. The molecule has 82 valence electrons. The van der Waals surface area contributed by atoms with E-state index in [4.69, 9.17) is 5.73 Å². The van der Waals surface area contributed by atoms with Gasteiger partial charge in [-0.2, -0.15) is 0 Å². The summed E-state index contributed by atoms with van der Waals surface area (Å²) in [6.45, 7) is 0. The van der Waals surface area contributed by atoms with Crippen molar-refractivity contribution in [1.29, 1.82) is 0 Å². The number of nitrogens with two attached hydrogens (primary N) is 1. The molecule has 2 N–H and O–H groups in total. The molecule has 0 aliphatic carbocycles. The van der Waals surface area contributed by atoms with E-state index in [1.54, 1.807) is 6.20 Å². The Hall–Kier alpha value is -2.42. The lowest BCUT2D eigenvalue weighted by Crippen LogP contribution is -1.94. The van der Waals surface area contributed by atoms with Crippen LogP contribution in [0.1, 0.15) is 0 Å². The van der Waals surface area contributed by atoms with Gasteiger partial charge in [-0.25, -0.2) is 9.97 Å². The summed E-state index contributed by atoms with van der Waals surface area (Å²) in [6.07, 6.45) is 3.14. The third-order valence-corrected chi connectivity index (χ3v) is 2.76. The molecule has 3 aromatic rings. The number of nitrogens with zero attached hydrogens (tertiary/aromatic N) is 2. The molecule has 0 saturated heterocycles. The van der Waals surface area contributed by atoms with E-state index in [2.05, 4.69) is 34.2 Å². The van der Waals surface area contributed by atoms with Crippen molar-refractivity contribution in [1.82, 2.24) is 9.97 Å². The third-order valence-electron chi connectivity index (χ3n) is 2.76. The molecular formula is C14H11N3. The molecule has 0 radical (unpaired) electrons. The number of hydrogen-bond donors (Lipinski definition) is 1. The van der Waals surface area contributed by atoms with Gasteiger partial charge in [0.05, 0.1) is 17.6 Å². The van der Waals surface area contributed by atoms with Crippen LogP contribution in [0.15, 0.2) is 55.0 Å². The van der Waals surface area contributed by atoms with E-state index in [9.17, 15) is 0 Å². The molecule has 0 saturated carbocycles. The molecule has 0 bridgehead atoms. The number of fused-ring (bicyclic) bond motifs is 1. The highest BCUT2D eigenvalue weighted by Gasteiger charge is 2.04. The predicted molar refractivity (Wildman–Crippen MR) is 69.4 cm³/mol. The van der Waals surface area contributed by atoms with E-state index in [-0.39, 0.29) is 0 Å². The summed E-state index contributed by atoms with van der Waals surface area (Å²) in [4.78, 5) is 8.12. The van der Waals surface area contributed by atoms with E-state index < -0.39 is 0 Å². The number of hydrogen-bond acceptors (Lipinski definition) is 3. The first kappa shape index (κ1) is 9.78. The van der Waals surface area contributed by atoms with Gasteiger partial charge in [-0.15, -0.1) is 0 Å². The average molecular weight is 221 g/mol. The Labute approximate surface area is 98.9 Å². The van der Waals surface area contributed by atoms with Gasteiger partial charge in [-0.05, 0) is 16.8 Å². The zero-order chi connectivity index (χ0) is 11.7. The van der Waals surface area contributed by atoms with Crippen LogP contribution in [0.4, 0.5) is 5.69 Å². The second-order valence-electron chi connectivity index (χ2n) is 3.89. The van der Waals surface area contributed by atoms with Gasteiger partial charge < -0.3 is 5.73 Å². The van der Waals surface area contributed by atoms with E-state index >= 15 is 0 Å². The Kier molecular flexibility index (Phi) is 2.22. The van der Waals surface area contributed by atoms with Crippen molar-refractivity contribution in [3.63, 3.8) is 0 Å². The Morgan fingerprint density at radius 2 is 1.76 bits per heavy atom. The topological polar surface area (TPSA) is 51.8 Å². The largest absolute Gasteiger partial charge is 0.396 e. The Morgan fingerprint density at radius 3 is 2.59 bits per heavy atom. The van der Waals surface area contributed by atoms with Gasteiger partial charge in [0.25, 0.3) is 0 Å². The quantitative estimate of drug-likeness (QED) is 0.687. The van der Waals surface area contributed by atoms with Gasteiger partial charge in [0.2, 0.25) is 0 Å². The normalized spacial score (nSPS) is 10.6. The van der Waals surface area contributed by atoms with Crippen LogP contribution in [-0.4, -0.2) is 9.97 Å². The molecule has 0 fully saturated rings. The van der Waals surface area contributed by atoms with Gasteiger partial charge >= 0.3 is 0 Å². The van der Waals surface area contributed by atoms with Crippen LogP contribution in [0.2, 0.25) is 0 Å². The number of anilines is 1. The molecule has 1 aromatic heterocycles. The highest BCUT2D eigenvalue weighted by Crippen LogP contribution is 2.25. The molecule has 1 heterocycles. The fourth-order valence-corrected chi connectivity index (χ4v) is 1.92. The lowest BCUT2D eigenvalue weighted by Gasteiger charge is -2.05. The first-order valence-corrected chi connectivity index (χ1v) is 5.39. The molecule has 3 heteroatoms. The fraction of sp³-hybridized carbons (Fsp3) is 0. The van der Waals surface area contributed by atoms with Gasteiger partial charge in [-0.1, -0.05) is 36.4 Å². The third kappa shape index (κ3) is 1.72. The van der Waals surface area contributed by atoms with Crippen LogP contribution in [-0.2, 0) is 0 Å². The van der Waals surface area contributed by atoms with E-state index in [0.29, 0.717) is 5.69 Å². The molecule has 0 aliphatic heterocycles. The molecule has 0 unspecified atom stereocenters. The molecule has 0 aliphatic rings. The second kappa shape index (κ2) is 3.87. The van der Waals surface area contributed by atoms with E-state index in [0.717, 1.165) is 11.3 Å². The summed E-state index contributed by atoms with van der Waals surface area (Å²) in [5.41, 5.74) is 8.27. The Bertz CT molecular complexity index is 677. The predicted octanol–water partition coefficient (Wildman–Crippen LogP) is 2.88. The van der Waals surface area contributed by atoms with Crippen LogP contribution < -0.4 is 5.73 Å². The molecule has 0 amide bonds. The summed E-state index contributed by atoms with van der Waals surface area (Å²) in [6, 6.07) is 14.4. The van der Waals surface area contributed by atoms with Crippen LogP contribution in [0, 0.1) is 0 Å². The maximum absolute atomic E-state index is 5.87. The highest BCUT2D eigenvalue weighted by molar-refractivity contribution is 5.88. The van der Waals surface area contributed by atoms with Crippen LogP contribution in [0.5, 0.6) is 0 Å². The number of nitrogen functional groups attached to an aromatic ring is 1. The summed E-state index contributed by atoms with van der Waals surface area (Å²) < 4.78 is 0. The maximum atomic E-state index is 5.87. The lowest BCUT2D eigenvalue weighted by molar-refractivity contribution is 1.18. The second-order valence-corrected chi connectivity index (χ2v) is 3.89. The van der Waals surface area contributed by atoms with Crippen molar-refractivity contribution in [2.24, 2.45) is 0 Å². The first-order chi connectivity index (χ1) is 8.34. The molecule has 2 aromatic carbocycles. The minimum atomic E-state index is 0.600. The van der Waals surface area contributed by atoms with Gasteiger partial charge in [-0.3, -0.25) is 0 Å². The smallest absolute Gasteiger partial charge is 0.116 e. The Morgan fingerprint density at radius 1 is 0.941 bits per heavy atom. The number of aromatic nitrogens is 2. The average Bonchev–Trinajstić information content (AvgIpc) is 2.39.